The molecule has 0 saturated heterocycles. The Balaban J connectivity index is 3.67. The molecule has 2 nitrogen and oxygen atoms in total. The van der Waals surface area contributed by atoms with Crippen LogP contribution in [0.5, 0.6) is 0 Å². The van der Waals surface area contributed by atoms with Gasteiger partial charge in [0.15, 0.2) is 0 Å². The van der Waals surface area contributed by atoms with Crippen molar-refractivity contribution in [3.05, 3.63) is 0 Å². The van der Waals surface area contributed by atoms with E-state index in [4.69, 9.17) is 15.8 Å². The SMILES string of the molecule is CC(C)(C)COP(C)(=O)Cl. The van der Waals surface area contributed by atoms with Gasteiger partial charge in [0, 0.05) is 6.66 Å². The van der Waals surface area contributed by atoms with Crippen LogP contribution >= 0.6 is 18.0 Å². The van der Waals surface area contributed by atoms with E-state index in [0.29, 0.717) is 6.61 Å². The van der Waals surface area contributed by atoms with E-state index in [1.54, 1.807) is 0 Å². The molecule has 0 rings (SSSR count). The third-order valence-corrected chi connectivity index (χ3v) is 1.61. The first-order valence-corrected chi connectivity index (χ1v) is 6.10. The maximum absolute atomic E-state index is 10.8. The monoisotopic (exact) mass is 184 g/mol. The highest BCUT2D eigenvalue weighted by atomic mass is 35.7. The van der Waals surface area contributed by atoms with E-state index < -0.39 is 6.72 Å². The summed E-state index contributed by atoms with van der Waals surface area (Å²) in [5.41, 5.74) is 0.0283. The van der Waals surface area contributed by atoms with Crippen LogP contribution in [0.3, 0.4) is 0 Å². The fraction of sp³-hybridized carbons (Fsp3) is 1.00. The van der Waals surface area contributed by atoms with Crippen molar-refractivity contribution in [3.63, 3.8) is 0 Å². The van der Waals surface area contributed by atoms with E-state index in [-0.39, 0.29) is 5.41 Å². The third kappa shape index (κ3) is 8.48. The average Bonchev–Trinajstić information content (AvgIpc) is 1.57. The van der Waals surface area contributed by atoms with Crippen LogP contribution in [-0.4, -0.2) is 13.3 Å². The van der Waals surface area contributed by atoms with Gasteiger partial charge in [0.1, 0.15) is 0 Å². The molecule has 62 valence electrons. The van der Waals surface area contributed by atoms with Crippen molar-refractivity contribution in [2.45, 2.75) is 20.8 Å². The molecule has 0 fully saturated rings. The molecule has 0 aliphatic heterocycles. The predicted octanol–water partition coefficient (Wildman–Crippen LogP) is 3.11. The van der Waals surface area contributed by atoms with E-state index in [1.807, 2.05) is 20.8 Å². The van der Waals surface area contributed by atoms with E-state index in [1.165, 1.54) is 6.66 Å². The molecule has 10 heavy (non-hydrogen) atoms. The molecule has 0 aromatic heterocycles. The molecule has 0 aromatic rings. The first-order chi connectivity index (χ1) is 4.21. The van der Waals surface area contributed by atoms with Crippen LogP contribution in [0.1, 0.15) is 20.8 Å². The van der Waals surface area contributed by atoms with Crippen molar-refractivity contribution in [1.82, 2.24) is 0 Å². The molecule has 0 aromatic carbocycles. The van der Waals surface area contributed by atoms with Gasteiger partial charge < -0.3 is 4.52 Å². The van der Waals surface area contributed by atoms with E-state index in [0.717, 1.165) is 0 Å². The standard InChI is InChI=1S/C6H14ClO2P/c1-6(2,3)5-9-10(4,7)8/h5H2,1-4H3. The lowest BCUT2D eigenvalue weighted by Gasteiger charge is -2.18. The zero-order valence-electron chi connectivity index (χ0n) is 6.85. The maximum atomic E-state index is 10.8. The molecule has 4 heteroatoms. The van der Waals surface area contributed by atoms with Crippen LogP contribution in [0, 0.1) is 5.41 Å². The highest BCUT2D eigenvalue weighted by Gasteiger charge is 2.17. The molecular weight excluding hydrogens is 170 g/mol. The second-order valence-electron chi connectivity index (χ2n) is 3.58. The summed E-state index contributed by atoms with van der Waals surface area (Å²) in [7, 11) is 0. The Hall–Kier alpha value is 0.480. The third-order valence-electron chi connectivity index (χ3n) is 0.728. The zero-order chi connectivity index (χ0) is 8.41. The topological polar surface area (TPSA) is 26.3 Å². The van der Waals surface area contributed by atoms with Crippen molar-refractivity contribution in [2.24, 2.45) is 5.41 Å². The highest BCUT2D eigenvalue weighted by molar-refractivity contribution is 7.84. The Labute approximate surface area is 67.1 Å². The summed E-state index contributed by atoms with van der Waals surface area (Å²) in [5, 5.41) is 0. The highest BCUT2D eigenvalue weighted by Crippen LogP contribution is 2.48. The lowest BCUT2D eigenvalue weighted by Crippen LogP contribution is -2.12. The van der Waals surface area contributed by atoms with Crippen LogP contribution < -0.4 is 0 Å². The Kier molecular flexibility index (Phi) is 3.41. The fourth-order valence-corrected chi connectivity index (χ4v) is 1.07. The molecule has 0 spiro atoms. The van der Waals surface area contributed by atoms with Gasteiger partial charge in [0.05, 0.1) is 6.61 Å². The molecular formula is C6H14ClO2P. The molecule has 0 bridgehead atoms. The van der Waals surface area contributed by atoms with E-state index in [2.05, 4.69) is 0 Å². The lowest BCUT2D eigenvalue weighted by molar-refractivity contribution is 0.206. The molecule has 0 aliphatic carbocycles. The van der Waals surface area contributed by atoms with Crippen LogP contribution in [-0.2, 0) is 9.09 Å². The summed E-state index contributed by atoms with van der Waals surface area (Å²) >= 11 is 5.37. The number of rotatable bonds is 2. The largest absolute Gasteiger partial charge is 0.317 e. The van der Waals surface area contributed by atoms with Gasteiger partial charge in [0.25, 0.3) is 6.72 Å². The number of hydrogen-bond donors (Lipinski definition) is 0. The Morgan fingerprint density at radius 3 is 2.00 bits per heavy atom. The van der Waals surface area contributed by atoms with Crippen LogP contribution in [0.25, 0.3) is 0 Å². The van der Waals surface area contributed by atoms with Gasteiger partial charge in [-0.15, -0.1) is 0 Å². The van der Waals surface area contributed by atoms with Gasteiger partial charge in [-0.3, -0.25) is 4.57 Å². The first kappa shape index (κ1) is 10.5. The molecule has 0 saturated carbocycles. The normalized spacial score (nSPS) is 18.5. The van der Waals surface area contributed by atoms with Crippen molar-refractivity contribution in [2.75, 3.05) is 13.3 Å². The van der Waals surface area contributed by atoms with Crippen molar-refractivity contribution in [3.8, 4) is 0 Å². The summed E-state index contributed by atoms with van der Waals surface area (Å²) in [5.74, 6) is 0. The maximum Gasteiger partial charge on any atom is 0.287 e. The Morgan fingerprint density at radius 1 is 1.50 bits per heavy atom. The van der Waals surface area contributed by atoms with Gasteiger partial charge in [-0.25, -0.2) is 0 Å². The molecule has 1 atom stereocenters. The zero-order valence-corrected chi connectivity index (χ0v) is 8.50. The fourth-order valence-electron chi connectivity index (χ4n) is 0.309. The van der Waals surface area contributed by atoms with Crippen LogP contribution in [0.15, 0.2) is 0 Å². The second kappa shape index (κ2) is 3.25. The van der Waals surface area contributed by atoms with Crippen molar-refractivity contribution in [1.29, 1.82) is 0 Å². The predicted molar refractivity (Wildman–Crippen MR) is 44.8 cm³/mol. The van der Waals surface area contributed by atoms with Crippen LogP contribution in [0.4, 0.5) is 0 Å². The Bertz CT molecular complexity index is 144. The number of halogens is 1. The van der Waals surface area contributed by atoms with Gasteiger partial charge in [0.2, 0.25) is 0 Å². The lowest BCUT2D eigenvalue weighted by atomic mass is 9.99. The molecule has 0 radical (unpaired) electrons. The van der Waals surface area contributed by atoms with E-state index in [9.17, 15) is 4.57 Å². The van der Waals surface area contributed by atoms with Gasteiger partial charge in [-0.05, 0) is 16.7 Å². The minimum Gasteiger partial charge on any atom is -0.317 e. The average molecular weight is 185 g/mol. The molecule has 0 aliphatic rings. The smallest absolute Gasteiger partial charge is 0.287 e. The number of hydrogen-bond acceptors (Lipinski definition) is 2. The first-order valence-electron chi connectivity index (χ1n) is 3.12. The quantitative estimate of drug-likeness (QED) is 0.617. The molecule has 0 heterocycles. The van der Waals surface area contributed by atoms with Gasteiger partial charge >= 0.3 is 0 Å². The Morgan fingerprint density at radius 2 is 1.90 bits per heavy atom. The molecule has 1 unspecified atom stereocenters. The minimum absolute atomic E-state index is 0.0283. The van der Waals surface area contributed by atoms with Gasteiger partial charge in [-0.1, -0.05) is 20.8 Å². The van der Waals surface area contributed by atoms with Crippen molar-refractivity contribution >= 4 is 18.0 Å². The summed E-state index contributed by atoms with van der Waals surface area (Å²) < 4.78 is 15.7. The second-order valence-corrected chi connectivity index (χ2v) is 7.17. The van der Waals surface area contributed by atoms with E-state index >= 15 is 0 Å². The molecule has 0 N–H and O–H groups in total. The minimum atomic E-state index is -2.79. The molecule has 0 amide bonds. The summed E-state index contributed by atoms with van der Waals surface area (Å²) in [6.45, 7) is 5.05. The summed E-state index contributed by atoms with van der Waals surface area (Å²) in [6.07, 6.45) is 0. The van der Waals surface area contributed by atoms with Gasteiger partial charge in [-0.2, -0.15) is 0 Å². The van der Waals surface area contributed by atoms with Crippen molar-refractivity contribution < 1.29 is 9.09 Å². The van der Waals surface area contributed by atoms with Crippen LogP contribution in [0.2, 0.25) is 0 Å². The summed E-state index contributed by atoms with van der Waals surface area (Å²) in [6, 6.07) is 0. The summed E-state index contributed by atoms with van der Waals surface area (Å²) in [4.78, 5) is 0.